The third-order valence-corrected chi connectivity index (χ3v) is 9.48. The minimum Gasteiger partial charge on any atom is -0.483 e. The number of fused-ring (bicyclic) bond motifs is 1. The van der Waals surface area contributed by atoms with E-state index >= 15 is 0 Å². The molecule has 37 heavy (non-hydrogen) atoms. The predicted octanol–water partition coefficient (Wildman–Crippen LogP) is 6.73. The molecule has 1 aliphatic rings. The minimum atomic E-state index is -0.339. The number of hydrogen-bond donors (Lipinski definition) is 1. The van der Waals surface area contributed by atoms with Gasteiger partial charge in [-0.1, -0.05) is 44.1 Å². The van der Waals surface area contributed by atoms with Crippen LogP contribution in [-0.4, -0.2) is 26.4 Å². The van der Waals surface area contributed by atoms with E-state index in [0.29, 0.717) is 38.2 Å². The fourth-order valence-electron chi connectivity index (χ4n) is 4.58. The van der Waals surface area contributed by atoms with Crippen LogP contribution >= 0.6 is 34.7 Å². The van der Waals surface area contributed by atoms with E-state index in [0.717, 1.165) is 30.4 Å². The van der Waals surface area contributed by atoms with Gasteiger partial charge in [0.15, 0.2) is 17.1 Å². The first-order valence-electron chi connectivity index (χ1n) is 12.3. The molecule has 4 rings (SSSR count). The van der Waals surface area contributed by atoms with Crippen molar-refractivity contribution in [2.45, 2.75) is 65.1 Å². The van der Waals surface area contributed by atoms with Crippen LogP contribution in [0.5, 0.6) is 5.75 Å². The molecule has 10 heteroatoms. The van der Waals surface area contributed by atoms with Gasteiger partial charge in [-0.3, -0.25) is 4.79 Å². The van der Waals surface area contributed by atoms with Crippen molar-refractivity contribution >= 4 is 45.6 Å². The van der Waals surface area contributed by atoms with Crippen LogP contribution in [0.2, 0.25) is 5.02 Å². The van der Waals surface area contributed by atoms with E-state index in [2.05, 4.69) is 42.4 Å². The van der Waals surface area contributed by atoms with E-state index in [1.165, 1.54) is 16.6 Å². The van der Waals surface area contributed by atoms with Crippen LogP contribution in [0.25, 0.3) is 0 Å². The number of aryl methyl sites for hydroxylation is 1. The summed E-state index contributed by atoms with van der Waals surface area (Å²) in [6, 6.07) is 7.84. The number of nitrogens with zero attached hydrogens (tertiary/aromatic N) is 4. The molecule has 0 saturated carbocycles. The van der Waals surface area contributed by atoms with Gasteiger partial charge in [0.1, 0.15) is 16.8 Å². The summed E-state index contributed by atoms with van der Waals surface area (Å²) >= 11 is 8.96. The second-order valence-corrected chi connectivity index (χ2v) is 13.0. The smallest absolute Gasteiger partial charge is 0.235 e. The van der Waals surface area contributed by atoms with E-state index in [4.69, 9.17) is 16.3 Å². The fourth-order valence-corrected chi connectivity index (χ4v) is 6.71. The van der Waals surface area contributed by atoms with E-state index in [-0.39, 0.29) is 23.2 Å². The maximum Gasteiger partial charge on any atom is 0.235 e. The van der Waals surface area contributed by atoms with Crippen molar-refractivity contribution in [1.82, 2.24) is 14.8 Å². The molecule has 1 aliphatic carbocycles. The summed E-state index contributed by atoms with van der Waals surface area (Å²) < 4.78 is 7.86. The van der Waals surface area contributed by atoms with Crippen molar-refractivity contribution in [3.8, 4) is 11.8 Å². The molecule has 0 bridgehead atoms. The first kappa shape index (κ1) is 27.5. The van der Waals surface area contributed by atoms with Gasteiger partial charge < -0.3 is 14.6 Å². The lowest BCUT2D eigenvalue weighted by molar-refractivity contribution is -0.113. The topological polar surface area (TPSA) is 92.8 Å². The van der Waals surface area contributed by atoms with Crippen LogP contribution < -0.4 is 10.1 Å². The van der Waals surface area contributed by atoms with Gasteiger partial charge in [-0.05, 0) is 73.8 Å². The molecular weight excluding hydrogens is 526 g/mol. The normalized spacial score (nSPS) is 16.1. The molecule has 0 radical (unpaired) electrons. The van der Waals surface area contributed by atoms with Crippen molar-refractivity contribution in [1.29, 1.82) is 5.26 Å². The molecule has 0 saturated heterocycles. The number of thiophene rings is 1. The van der Waals surface area contributed by atoms with Gasteiger partial charge in [-0.15, -0.1) is 21.5 Å². The maximum atomic E-state index is 12.8. The molecule has 0 aliphatic heterocycles. The lowest BCUT2D eigenvalue weighted by atomic mass is 9.72. The fraction of sp³-hybridized carbons (Fsp3) is 0.481. The molecule has 3 aromatic rings. The molecule has 1 N–H and O–H groups in total. The Kier molecular flexibility index (Phi) is 8.22. The molecule has 1 amide bonds. The standard InChI is InChI=1S/C27H32ClN5O2S2/c1-15-11-18(8-10-21(15)28)35-16(2)24-31-32-26(33(24)6)36-14-23(34)30-25-20(13-29)19-9-7-17(27(3,4)5)12-22(19)37-25/h8,10-11,16-17H,7,9,12,14H2,1-6H3,(H,30,34). The van der Waals surface area contributed by atoms with Crippen molar-refractivity contribution in [2.75, 3.05) is 11.1 Å². The first-order valence-corrected chi connectivity index (χ1v) is 14.4. The second kappa shape index (κ2) is 11.1. The lowest BCUT2D eigenvalue weighted by Gasteiger charge is -2.33. The Bertz CT molecular complexity index is 1350. The summed E-state index contributed by atoms with van der Waals surface area (Å²) in [5, 5.41) is 23.3. The van der Waals surface area contributed by atoms with Crippen molar-refractivity contribution in [3.63, 3.8) is 0 Å². The highest BCUT2D eigenvalue weighted by Crippen LogP contribution is 2.44. The number of carbonyl (C=O) groups is 1. The number of rotatable bonds is 7. The molecule has 0 fully saturated rings. The molecule has 2 unspecified atom stereocenters. The third-order valence-electron chi connectivity index (χ3n) is 6.86. The van der Waals surface area contributed by atoms with Gasteiger partial charge in [-0.25, -0.2) is 0 Å². The number of ether oxygens (including phenoxy) is 1. The second-order valence-electron chi connectivity index (χ2n) is 10.5. The van der Waals surface area contributed by atoms with Gasteiger partial charge in [0, 0.05) is 16.9 Å². The summed E-state index contributed by atoms with van der Waals surface area (Å²) in [7, 11) is 1.86. The first-order chi connectivity index (χ1) is 17.5. The molecule has 2 atom stereocenters. The van der Waals surface area contributed by atoms with Gasteiger partial charge >= 0.3 is 0 Å². The number of benzene rings is 1. The number of amides is 1. The van der Waals surface area contributed by atoms with E-state index in [9.17, 15) is 10.1 Å². The minimum absolute atomic E-state index is 0.162. The highest BCUT2D eigenvalue weighted by Gasteiger charge is 2.32. The zero-order chi connectivity index (χ0) is 26.9. The van der Waals surface area contributed by atoms with E-state index < -0.39 is 0 Å². The summed E-state index contributed by atoms with van der Waals surface area (Å²) in [6.07, 6.45) is 2.58. The highest BCUT2D eigenvalue weighted by molar-refractivity contribution is 7.99. The Hall–Kier alpha value is -2.54. The summed E-state index contributed by atoms with van der Waals surface area (Å²) in [4.78, 5) is 14.0. The van der Waals surface area contributed by atoms with Crippen LogP contribution in [0.15, 0.2) is 23.4 Å². The zero-order valence-corrected chi connectivity index (χ0v) is 24.4. The van der Waals surface area contributed by atoms with Gasteiger partial charge in [0.2, 0.25) is 5.91 Å². The number of hydrogen-bond acceptors (Lipinski definition) is 7. The number of carbonyl (C=O) groups excluding carboxylic acids is 1. The Labute approximate surface area is 231 Å². The van der Waals surface area contributed by atoms with Crippen LogP contribution in [-0.2, 0) is 24.7 Å². The van der Waals surface area contributed by atoms with Crippen LogP contribution in [0.4, 0.5) is 5.00 Å². The van der Waals surface area contributed by atoms with E-state index in [1.54, 1.807) is 17.4 Å². The van der Waals surface area contributed by atoms with Crippen LogP contribution in [0.3, 0.4) is 0 Å². The summed E-state index contributed by atoms with van der Waals surface area (Å²) in [6.45, 7) is 10.6. The zero-order valence-electron chi connectivity index (χ0n) is 22.0. The Balaban J connectivity index is 1.38. The van der Waals surface area contributed by atoms with Gasteiger partial charge in [0.25, 0.3) is 0 Å². The molecule has 7 nitrogen and oxygen atoms in total. The number of nitriles is 1. The van der Waals surface area contributed by atoms with E-state index in [1.807, 2.05) is 37.6 Å². The molecule has 1 aromatic carbocycles. The molecule has 0 spiro atoms. The van der Waals surface area contributed by atoms with Gasteiger partial charge in [-0.2, -0.15) is 5.26 Å². The molecule has 2 heterocycles. The maximum absolute atomic E-state index is 12.8. The number of aromatic nitrogens is 3. The molecule has 2 aromatic heterocycles. The summed E-state index contributed by atoms with van der Waals surface area (Å²) in [5.74, 6) is 1.92. The van der Waals surface area contributed by atoms with Crippen molar-refractivity contribution in [3.05, 3.63) is 50.6 Å². The van der Waals surface area contributed by atoms with Gasteiger partial charge in [0.05, 0.1) is 11.3 Å². The van der Waals surface area contributed by atoms with Crippen molar-refractivity contribution in [2.24, 2.45) is 18.4 Å². The number of thioether (sulfide) groups is 1. The predicted molar refractivity (Wildman–Crippen MR) is 150 cm³/mol. The number of halogens is 1. The SMILES string of the molecule is Cc1cc(OC(C)c2nnc(SCC(=O)Nc3sc4c(c3C#N)CCC(C(C)(C)C)C4)n2C)ccc1Cl. The Morgan fingerprint density at radius 1 is 1.41 bits per heavy atom. The number of anilines is 1. The number of nitrogens with one attached hydrogen (secondary N) is 1. The quantitative estimate of drug-likeness (QED) is 0.324. The largest absolute Gasteiger partial charge is 0.483 e. The molecular formula is C27H32ClN5O2S2. The van der Waals surface area contributed by atoms with Crippen LogP contribution in [0.1, 0.15) is 67.6 Å². The Morgan fingerprint density at radius 2 is 2.16 bits per heavy atom. The summed E-state index contributed by atoms with van der Waals surface area (Å²) in [5.41, 5.74) is 2.89. The Morgan fingerprint density at radius 3 is 2.84 bits per heavy atom. The van der Waals surface area contributed by atoms with Crippen molar-refractivity contribution < 1.29 is 9.53 Å². The molecule has 196 valence electrons. The third kappa shape index (κ3) is 6.14. The monoisotopic (exact) mass is 557 g/mol. The highest BCUT2D eigenvalue weighted by atomic mass is 35.5. The average Bonchev–Trinajstić information content (AvgIpc) is 3.38. The lowest BCUT2D eigenvalue weighted by Crippen LogP contribution is -2.26. The van der Waals surface area contributed by atoms with Crippen LogP contribution in [0, 0.1) is 29.6 Å². The average molecular weight is 558 g/mol.